The van der Waals surface area contributed by atoms with E-state index in [0.29, 0.717) is 12.5 Å². The SMILES string of the molecule is O=C(Nc1ccccc1F)c1ccnc(NCc2ccncc2)n1. The largest absolute Gasteiger partial charge is 0.350 e. The van der Waals surface area contributed by atoms with Crippen molar-refractivity contribution in [1.82, 2.24) is 15.0 Å². The van der Waals surface area contributed by atoms with E-state index in [-0.39, 0.29) is 11.4 Å². The highest BCUT2D eigenvalue weighted by molar-refractivity contribution is 6.03. The van der Waals surface area contributed by atoms with Gasteiger partial charge in [0.2, 0.25) is 5.95 Å². The topological polar surface area (TPSA) is 79.8 Å². The van der Waals surface area contributed by atoms with Gasteiger partial charge in [0.1, 0.15) is 11.5 Å². The zero-order valence-electron chi connectivity index (χ0n) is 12.6. The van der Waals surface area contributed by atoms with Gasteiger partial charge >= 0.3 is 0 Å². The van der Waals surface area contributed by atoms with Crippen LogP contribution in [-0.2, 0) is 6.54 Å². The van der Waals surface area contributed by atoms with Crippen LogP contribution < -0.4 is 10.6 Å². The number of carbonyl (C=O) groups is 1. The van der Waals surface area contributed by atoms with Crippen LogP contribution in [0.3, 0.4) is 0 Å². The van der Waals surface area contributed by atoms with Crippen LogP contribution in [0.4, 0.5) is 16.0 Å². The second kappa shape index (κ2) is 7.28. The lowest BCUT2D eigenvalue weighted by Gasteiger charge is -2.08. The molecule has 0 fully saturated rings. The number of hydrogen-bond donors (Lipinski definition) is 2. The summed E-state index contributed by atoms with van der Waals surface area (Å²) in [7, 11) is 0. The molecule has 2 N–H and O–H groups in total. The first-order chi connectivity index (χ1) is 11.7. The van der Waals surface area contributed by atoms with Crippen LogP contribution >= 0.6 is 0 Å². The van der Waals surface area contributed by atoms with Gasteiger partial charge in [0.15, 0.2) is 0 Å². The summed E-state index contributed by atoms with van der Waals surface area (Å²) in [5.74, 6) is -0.696. The van der Waals surface area contributed by atoms with Gasteiger partial charge in [0, 0.05) is 25.1 Å². The summed E-state index contributed by atoms with van der Waals surface area (Å²) in [6.45, 7) is 0.501. The normalized spacial score (nSPS) is 10.2. The Kier molecular flexibility index (Phi) is 4.71. The highest BCUT2D eigenvalue weighted by Crippen LogP contribution is 2.14. The van der Waals surface area contributed by atoms with Crippen LogP contribution in [0, 0.1) is 5.82 Å². The lowest BCUT2D eigenvalue weighted by Crippen LogP contribution is -2.16. The Bertz CT molecular complexity index is 841. The number of benzene rings is 1. The fraction of sp³-hybridized carbons (Fsp3) is 0.0588. The van der Waals surface area contributed by atoms with Crippen molar-refractivity contribution < 1.29 is 9.18 Å². The van der Waals surface area contributed by atoms with E-state index in [1.807, 2.05) is 12.1 Å². The molecule has 0 aliphatic heterocycles. The maximum absolute atomic E-state index is 13.6. The molecule has 0 aliphatic rings. The van der Waals surface area contributed by atoms with Gasteiger partial charge in [-0.2, -0.15) is 0 Å². The van der Waals surface area contributed by atoms with E-state index in [0.717, 1.165) is 5.56 Å². The van der Waals surface area contributed by atoms with E-state index in [4.69, 9.17) is 0 Å². The Labute approximate surface area is 137 Å². The van der Waals surface area contributed by atoms with Gasteiger partial charge in [0.25, 0.3) is 5.91 Å². The number of pyridine rings is 1. The molecule has 0 saturated carbocycles. The van der Waals surface area contributed by atoms with Crippen LogP contribution in [-0.4, -0.2) is 20.9 Å². The number of halogens is 1. The maximum Gasteiger partial charge on any atom is 0.274 e. The molecule has 0 saturated heterocycles. The molecule has 2 heterocycles. The molecule has 0 bridgehead atoms. The first-order valence-electron chi connectivity index (χ1n) is 7.24. The number of nitrogens with zero attached hydrogens (tertiary/aromatic N) is 3. The third-order valence-corrected chi connectivity index (χ3v) is 3.21. The molecule has 0 atom stereocenters. The quantitative estimate of drug-likeness (QED) is 0.755. The molecule has 1 amide bonds. The van der Waals surface area contributed by atoms with Crippen molar-refractivity contribution in [3.8, 4) is 0 Å². The van der Waals surface area contributed by atoms with Crippen LogP contribution in [0.2, 0.25) is 0 Å². The number of aromatic nitrogens is 3. The number of amides is 1. The van der Waals surface area contributed by atoms with Crippen molar-refractivity contribution in [1.29, 1.82) is 0 Å². The molecule has 6 nitrogen and oxygen atoms in total. The second-order valence-corrected chi connectivity index (χ2v) is 4.91. The second-order valence-electron chi connectivity index (χ2n) is 4.91. The van der Waals surface area contributed by atoms with E-state index >= 15 is 0 Å². The summed E-state index contributed by atoms with van der Waals surface area (Å²) in [5, 5.41) is 5.51. The number of hydrogen-bond acceptors (Lipinski definition) is 5. The Morgan fingerprint density at radius 3 is 2.62 bits per heavy atom. The summed E-state index contributed by atoms with van der Waals surface area (Å²) in [6, 6.07) is 11.1. The smallest absolute Gasteiger partial charge is 0.274 e. The van der Waals surface area contributed by atoms with Crippen molar-refractivity contribution in [2.45, 2.75) is 6.54 Å². The zero-order chi connectivity index (χ0) is 16.8. The third kappa shape index (κ3) is 3.89. The van der Waals surface area contributed by atoms with E-state index in [2.05, 4.69) is 25.6 Å². The van der Waals surface area contributed by atoms with E-state index in [1.54, 1.807) is 24.5 Å². The lowest BCUT2D eigenvalue weighted by molar-refractivity contribution is 0.102. The van der Waals surface area contributed by atoms with E-state index in [9.17, 15) is 9.18 Å². The molecular formula is C17H14FN5O. The Morgan fingerprint density at radius 2 is 1.83 bits per heavy atom. The first kappa shape index (κ1) is 15.5. The van der Waals surface area contributed by atoms with Crippen molar-refractivity contribution >= 4 is 17.5 Å². The van der Waals surface area contributed by atoms with Crippen LogP contribution in [0.5, 0.6) is 0 Å². The molecule has 0 unspecified atom stereocenters. The highest BCUT2D eigenvalue weighted by Gasteiger charge is 2.11. The van der Waals surface area contributed by atoms with Crippen molar-refractivity contribution in [3.05, 3.63) is 78.1 Å². The molecule has 0 spiro atoms. The predicted octanol–water partition coefficient (Wildman–Crippen LogP) is 2.88. The summed E-state index contributed by atoms with van der Waals surface area (Å²) in [4.78, 5) is 24.3. The van der Waals surface area contributed by atoms with Gasteiger partial charge in [-0.15, -0.1) is 0 Å². The lowest BCUT2D eigenvalue weighted by atomic mass is 10.3. The molecule has 2 aromatic heterocycles. The third-order valence-electron chi connectivity index (χ3n) is 3.21. The molecule has 120 valence electrons. The molecule has 3 rings (SSSR count). The molecule has 24 heavy (non-hydrogen) atoms. The fourth-order valence-electron chi connectivity index (χ4n) is 2.00. The Balaban J connectivity index is 1.68. The predicted molar refractivity (Wildman–Crippen MR) is 87.9 cm³/mol. The zero-order valence-corrected chi connectivity index (χ0v) is 12.6. The maximum atomic E-state index is 13.6. The van der Waals surface area contributed by atoms with Gasteiger partial charge in [-0.25, -0.2) is 14.4 Å². The Morgan fingerprint density at radius 1 is 1.04 bits per heavy atom. The van der Waals surface area contributed by atoms with Gasteiger partial charge in [-0.1, -0.05) is 12.1 Å². The van der Waals surface area contributed by atoms with Gasteiger partial charge in [-0.3, -0.25) is 9.78 Å². The fourth-order valence-corrected chi connectivity index (χ4v) is 2.00. The molecule has 3 aromatic rings. The minimum atomic E-state index is -0.505. The summed E-state index contributed by atoms with van der Waals surface area (Å²) < 4.78 is 13.6. The van der Waals surface area contributed by atoms with Crippen LogP contribution in [0.15, 0.2) is 61.1 Å². The number of para-hydroxylation sites is 1. The number of rotatable bonds is 5. The van der Waals surface area contributed by atoms with Gasteiger partial charge in [-0.05, 0) is 35.9 Å². The highest BCUT2D eigenvalue weighted by atomic mass is 19.1. The average molecular weight is 323 g/mol. The first-order valence-corrected chi connectivity index (χ1v) is 7.24. The number of anilines is 2. The molecule has 7 heteroatoms. The number of carbonyl (C=O) groups excluding carboxylic acids is 1. The molecule has 0 radical (unpaired) electrons. The summed E-state index contributed by atoms with van der Waals surface area (Å²) in [6.07, 6.45) is 4.85. The average Bonchev–Trinajstić information content (AvgIpc) is 2.63. The molecule has 1 aromatic carbocycles. The van der Waals surface area contributed by atoms with E-state index in [1.165, 1.54) is 24.4 Å². The minimum Gasteiger partial charge on any atom is -0.350 e. The standard InChI is InChI=1S/C17H14FN5O/c18-13-3-1-2-4-14(13)22-16(24)15-7-10-20-17(23-15)21-11-12-5-8-19-9-6-12/h1-10H,11H2,(H,22,24)(H,20,21,23). The summed E-state index contributed by atoms with van der Waals surface area (Å²) >= 11 is 0. The van der Waals surface area contributed by atoms with Gasteiger partial charge in [0.05, 0.1) is 5.69 Å². The van der Waals surface area contributed by atoms with Crippen LogP contribution in [0.1, 0.15) is 16.1 Å². The Hall–Kier alpha value is -3.35. The van der Waals surface area contributed by atoms with E-state index < -0.39 is 11.7 Å². The monoisotopic (exact) mass is 323 g/mol. The minimum absolute atomic E-state index is 0.104. The number of nitrogens with one attached hydrogen (secondary N) is 2. The van der Waals surface area contributed by atoms with Gasteiger partial charge < -0.3 is 10.6 Å². The summed E-state index contributed by atoms with van der Waals surface area (Å²) in [5.41, 5.74) is 1.26. The van der Waals surface area contributed by atoms with Crippen molar-refractivity contribution in [2.75, 3.05) is 10.6 Å². The molecule has 0 aliphatic carbocycles. The molecular weight excluding hydrogens is 309 g/mol. The van der Waals surface area contributed by atoms with Crippen LogP contribution in [0.25, 0.3) is 0 Å². The van der Waals surface area contributed by atoms with Crippen molar-refractivity contribution in [2.24, 2.45) is 0 Å². The van der Waals surface area contributed by atoms with Crippen molar-refractivity contribution in [3.63, 3.8) is 0 Å².